The molecule has 1 aliphatic carbocycles. The Labute approximate surface area is 138 Å². The Bertz CT molecular complexity index is 511. The molecule has 128 valence electrons. The van der Waals surface area contributed by atoms with E-state index in [0.717, 1.165) is 24.9 Å². The van der Waals surface area contributed by atoms with E-state index in [-0.39, 0.29) is 0 Å². The molecule has 1 aliphatic rings. The van der Waals surface area contributed by atoms with E-state index in [1.54, 1.807) is 19.4 Å². The molecule has 0 aromatic carbocycles. The lowest BCUT2D eigenvalue weighted by molar-refractivity contribution is 0.0635. The number of ether oxygens (including phenoxy) is 2. The average Bonchev–Trinajstić information content (AvgIpc) is 2.47. The quantitative estimate of drug-likeness (QED) is 0.882. The van der Waals surface area contributed by atoms with E-state index in [1.807, 2.05) is 26.8 Å². The van der Waals surface area contributed by atoms with Gasteiger partial charge in [-0.25, -0.2) is 9.78 Å². The number of aromatic nitrogens is 1. The van der Waals surface area contributed by atoms with Crippen LogP contribution in [0.4, 0.5) is 16.3 Å². The monoisotopic (exact) mass is 321 g/mol. The average molecular weight is 321 g/mol. The number of amides is 1. The number of hydrogen-bond acceptors (Lipinski definition) is 5. The summed E-state index contributed by atoms with van der Waals surface area (Å²) in [5.74, 6) is 0.475. The number of nitrogens with one attached hydrogen (secondary N) is 2. The summed E-state index contributed by atoms with van der Waals surface area (Å²) < 4.78 is 10.6. The number of rotatable bonds is 4. The van der Waals surface area contributed by atoms with Gasteiger partial charge in [0.25, 0.3) is 0 Å². The van der Waals surface area contributed by atoms with Crippen molar-refractivity contribution in [2.75, 3.05) is 17.7 Å². The van der Waals surface area contributed by atoms with E-state index in [9.17, 15) is 4.79 Å². The highest BCUT2D eigenvalue weighted by Gasteiger charge is 2.21. The standard InChI is InChI=1S/C17H27N3O3/c1-17(2,3)23-16(21)20-15-9-8-13(11-18-15)19-12-6-5-7-14(10-12)22-4/h8-9,11-12,14,19H,5-7,10H2,1-4H3,(H,18,20,21). The molecule has 2 N–H and O–H groups in total. The highest BCUT2D eigenvalue weighted by molar-refractivity contribution is 5.83. The van der Waals surface area contributed by atoms with E-state index in [2.05, 4.69) is 15.6 Å². The minimum absolute atomic E-state index is 0.335. The van der Waals surface area contributed by atoms with Gasteiger partial charge in [0.1, 0.15) is 11.4 Å². The summed E-state index contributed by atoms with van der Waals surface area (Å²) in [7, 11) is 1.77. The fourth-order valence-electron chi connectivity index (χ4n) is 2.69. The van der Waals surface area contributed by atoms with Crippen LogP contribution in [0.1, 0.15) is 46.5 Å². The Hall–Kier alpha value is -1.82. The molecule has 0 saturated heterocycles. The smallest absolute Gasteiger partial charge is 0.413 e. The molecule has 23 heavy (non-hydrogen) atoms. The van der Waals surface area contributed by atoms with Gasteiger partial charge in [0.2, 0.25) is 0 Å². The third-order valence-corrected chi connectivity index (χ3v) is 3.72. The molecule has 1 saturated carbocycles. The number of pyridine rings is 1. The topological polar surface area (TPSA) is 72.5 Å². The van der Waals surface area contributed by atoms with Crippen molar-refractivity contribution >= 4 is 17.6 Å². The van der Waals surface area contributed by atoms with Gasteiger partial charge in [-0.3, -0.25) is 5.32 Å². The lowest BCUT2D eigenvalue weighted by atomic mass is 9.93. The summed E-state index contributed by atoms with van der Waals surface area (Å²) in [5, 5.41) is 6.10. The molecule has 6 heteroatoms. The summed E-state index contributed by atoms with van der Waals surface area (Å²) in [6.45, 7) is 5.47. The molecule has 1 fully saturated rings. The zero-order valence-corrected chi connectivity index (χ0v) is 14.4. The van der Waals surface area contributed by atoms with Gasteiger partial charge in [-0.1, -0.05) is 0 Å². The van der Waals surface area contributed by atoms with Gasteiger partial charge in [0.05, 0.1) is 18.0 Å². The van der Waals surface area contributed by atoms with Crippen LogP contribution in [0.3, 0.4) is 0 Å². The Kier molecular flexibility index (Phi) is 5.82. The van der Waals surface area contributed by atoms with Gasteiger partial charge in [0, 0.05) is 13.2 Å². The number of carbonyl (C=O) groups excluding carboxylic acids is 1. The minimum Gasteiger partial charge on any atom is -0.444 e. The molecule has 0 bridgehead atoms. The van der Waals surface area contributed by atoms with Crippen LogP contribution in [0.25, 0.3) is 0 Å². The number of hydrogen-bond donors (Lipinski definition) is 2. The van der Waals surface area contributed by atoms with Crippen LogP contribution in [0.2, 0.25) is 0 Å². The lowest BCUT2D eigenvalue weighted by Crippen LogP contribution is -2.31. The van der Waals surface area contributed by atoms with Crippen molar-refractivity contribution in [2.45, 2.75) is 64.2 Å². The highest BCUT2D eigenvalue weighted by Crippen LogP contribution is 2.24. The van der Waals surface area contributed by atoms with Crippen molar-refractivity contribution in [1.82, 2.24) is 4.98 Å². The molecule has 0 spiro atoms. The summed E-state index contributed by atoms with van der Waals surface area (Å²) in [6, 6.07) is 4.08. The Balaban J connectivity index is 1.86. The first-order valence-electron chi connectivity index (χ1n) is 8.11. The predicted octanol–water partition coefficient (Wildman–Crippen LogP) is 3.80. The van der Waals surface area contributed by atoms with E-state index in [0.29, 0.717) is 18.0 Å². The molecular formula is C17H27N3O3. The maximum absolute atomic E-state index is 11.7. The minimum atomic E-state index is -0.523. The molecule has 0 aliphatic heterocycles. The van der Waals surface area contributed by atoms with E-state index >= 15 is 0 Å². The predicted molar refractivity (Wildman–Crippen MR) is 90.8 cm³/mol. The van der Waals surface area contributed by atoms with Crippen LogP contribution in [-0.2, 0) is 9.47 Å². The number of anilines is 2. The number of methoxy groups -OCH3 is 1. The molecule has 1 aromatic heterocycles. The van der Waals surface area contributed by atoms with Crippen molar-refractivity contribution in [3.05, 3.63) is 18.3 Å². The van der Waals surface area contributed by atoms with Gasteiger partial charge in [0.15, 0.2) is 0 Å². The zero-order chi connectivity index (χ0) is 16.9. The third kappa shape index (κ3) is 6.06. The maximum atomic E-state index is 11.7. The summed E-state index contributed by atoms with van der Waals surface area (Å²) in [4.78, 5) is 15.9. The van der Waals surface area contributed by atoms with E-state index in [1.165, 1.54) is 6.42 Å². The van der Waals surface area contributed by atoms with Crippen LogP contribution >= 0.6 is 0 Å². The molecule has 1 amide bonds. The molecule has 1 aromatic rings. The van der Waals surface area contributed by atoms with Gasteiger partial charge in [-0.15, -0.1) is 0 Å². The molecule has 2 unspecified atom stereocenters. The highest BCUT2D eigenvalue weighted by atomic mass is 16.6. The number of nitrogens with zero attached hydrogens (tertiary/aromatic N) is 1. The Morgan fingerprint density at radius 2 is 2.09 bits per heavy atom. The fraction of sp³-hybridized carbons (Fsp3) is 0.647. The molecule has 2 atom stereocenters. The Morgan fingerprint density at radius 3 is 2.70 bits per heavy atom. The first kappa shape index (κ1) is 17.5. The zero-order valence-electron chi connectivity index (χ0n) is 14.4. The third-order valence-electron chi connectivity index (χ3n) is 3.72. The van der Waals surface area contributed by atoms with Crippen LogP contribution in [0.15, 0.2) is 18.3 Å². The van der Waals surface area contributed by atoms with Gasteiger partial charge in [-0.05, 0) is 58.6 Å². The summed E-state index contributed by atoms with van der Waals surface area (Å²) in [6.07, 6.45) is 6.01. The molecular weight excluding hydrogens is 294 g/mol. The number of carbonyl (C=O) groups is 1. The normalized spacial score (nSPS) is 21.6. The van der Waals surface area contributed by atoms with Crippen molar-refractivity contribution in [3.63, 3.8) is 0 Å². The largest absolute Gasteiger partial charge is 0.444 e. The summed E-state index contributed by atoms with van der Waals surface area (Å²) in [5.41, 5.74) is 0.422. The fourth-order valence-corrected chi connectivity index (χ4v) is 2.69. The van der Waals surface area contributed by atoms with Crippen LogP contribution in [0.5, 0.6) is 0 Å². The molecule has 6 nitrogen and oxygen atoms in total. The lowest BCUT2D eigenvalue weighted by Gasteiger charge is -2.29. The van der Waals surface area contributed by atoms with Gasteiger partial charge >= 0.3 is 6.09 Å². The van der Waals surface area contributed by atoms with Gasteiger partial charge < -0.3 is 14.8 Å². The summed E-state index contributed by atoms with van der Waals surface area (Å²) >= 11 is 0. The maximum Gasteiger partial charge on any atom is 0.413 e. The van der Waals surface area contributed by atoms with Crippen molar-refractivity contribution in [1.29, 1.82) is 0 Å². The van der Waals surface area contributed by atoms with Crippen LogP contribution < -0.4 is 10.6 Å². The first-order valence-corrected chi connectivity index (χ1v) is 8.11. The Morgan fingerprint density at radius 1 is 1.30 bits per heavy atom. The van der Waals surface area contributed by atoms with Crippen LogP contribution in [-0.4, -0.2) is 35.9 Å². The van der Waals surface area contributed by atoms with E-state index < -0.39 is 11.7 Å². The first-order chi connectivity index (χ1) is 10.9. The van der Waals surface area contributed by atoms with Gasteiger partial charge in [-0.2, -0.15) is 0 Å². The van der Waals surface area contributed by atoms with Crippen molar-refractivity contribution in [3.8, 4) is 0 Å². The van der Waals surface area contributed by atoms with E-state index in [4.69, 9.17) is 9.47 Å². The van der Waals surface area contributed by atoms with Crippen molar-refractivity contribution in [2.24, 2.45) is 0 Å². The second-order valence-electron chi connectivity index (χ2n) is 6.92. The molecule has 0 radical (unpaired) electrons. The molecule has 1 heterocycles. The van der Waals surface area contributed by atoms with Crippen molar-refractivity contribution < 1.29 is 14.3 Å². The second kappa shape index (κ2) is 7.64. The van der Waals surface area contributed by atoms with Crippen LogP contribution in [0, 0.1) is 0 Å². The second-order valence-corrected chi connectivity index (χ2v) is 6.92. The molecule has 2 rings (SSSR count). The SMILES string of the molecule is COC1CCCC(Nc2ccc(NC(=O)OC(C)(C)C)nc2)C1.